The number of halogens is 3. The summed E-state index contributed by atoms with van der Waals surface area (Å²) < 4.78 is 47.2. The lowest BCUT2D eigenvalue weighted by molar-refractivity contribution is -0.137. The van der Waals surface area contributed by atoms with Crippen molar-refractivity contribution >= 4 is 27.8 Å². The van der Waals surface area contributed by atoms with Crippen molar-refractivity contribution in [2.24, 2.45) is 0 Å². The van der Waals surface area contributed by atoms with E-state index in [4.69, 9.17) is 26.5 Å². The molecule has 0 saturated heterocycles. The van der Waals surface area contributed by atoms with Crippen LogP contribution in [0, 0.1) is 24.8 Å². The van der Waals surface area contributed by atoms with Gasteiger partial charge in [-0.1, -0.05) is 151 Å². The molecule has 11 nitrogen and oxygen atoms in total. The standard InChI is InChI=1S/C68H40F3N11/c1-41-17-15-26-46(33-41)52-37-50(57-39-56(42-18-7-3-8-19-42)74-62(75-57)43-20-9-4-10-21-43)38-53(47-27-16-28-51(34-47)68(69,70)71)61(52)82-58-31-29-48(65-77-60(40-72)76-63(78-65)44-22-11-5-12-23-44)35-54(58)55-36-49(30-32-59(55)82)66-79-64(80-67(73-2)81-66)45-24-13-6-14-25-45/h3-39H,1H3. The maximum atomic E-state index is 15.0. The molecule has 0 aliphatic carbocycles. The van der Waals surface area contributed by atoms with Crippen LogP contribution in [0.4, 0.5) is 19.1 Å². The van der Waals surface area contributed by atoms with Crippen molar-refractivity contribution in [2.45, 2.75) is 13.1 Å². The van der Waals surface area contributed by atoms with Crippen LogP contribution in [0.3, 0.4) is 0 Å². The molecule has 9 aromatic carbocycles. The van der Waals surface area contributed by atoms with Gasteiger partial charge in [0, 0.05) is 60.8 Å². The SMILES string of the molecule is [C-]#[N+]c1nc(-c2ccccc2)nc(-c2ccc3c(c2)c2cc(-c4nc(C#N)nc(-c5ccccc5)n4)ccc2n3-c2c(-c3cccc(C)c3)cc(-c3cc(-c4ccccc4)nc(-c4ccccc4)n3)cc2-c2cccc(C(F)(F)F)c2)n1. The van der Waals surface area contributed by atoms with Crippen LogP contribution in [0.2, 0.25) is 0 Å². The van der Waals surface area contributed by atoms with Crippen LogP contribution >= 0.6 is 0 Å². The minimum Gasteiger partial charge on any atom is -0.394 e. The molecule has 0 N–H and O–H groups in total. The quantitative estimate of drug-likeness (QED) is 0.123. The summed E-state index contributed by atoms with van der Waals surface area (Å²) in [5, 5.41) is 11.6. The molecule has 0 amide bonds. The molecule has 4 aromatic heterocycles. The number of aryl methyl sites for hydroxylation is 1. The minimum absolute atomic E-state index is 0.0718. The fraction of sp³-hybridized carbons (Fsp3) is 0.0294. The Balaban J connectivity index is 1.14. The predicted molar refractivity (Wildman–Crippen MR) is 313 cm³/mol. The van der Waals surface area contributed by atoms with Crippen LogP contribution in [0.15, 0.2) is 224 Å². The van der Waals surface area contributed by atoms with E-state index in [1.54, 1.807) is 6.07 Å². The number of nitrogens with zero attached hydrogens (tertiary/aromatic N) is 11. The summed E-state index contributed by atoms with van der Waals surface area (Å²) in [6.07, 6.45) is -4.67. The average molecular weight is 1070 g/mol. The van der Waals surface area contributed by atoms with E-state index in [-0.39, 0.29) is 23.4 Å². The first-order chi connectivity index (χ1) is 40.0. The number of nitriles is 1. The number of alkyl halides is 3. The number of aromatic nitrogens is 9. The molecule has 13 aromatic rings. The maximum absolute atomic E-state index is 15.0. The molecule has 13 rings (SSSR count). The number of hydrogen-bond acceptors (Lipinski definition) is 9. The van der Waals surface area contributed by atoms with E-state index in [2.05, 4.69) is 47.5 Å². The van der Waals surface area contributed by atoms with Gasteiger partial charge in [0.2, 0.25) is 17.5 Å². The van der Waals surface area contributed by atoms with Crippen molar-refractivity contribution < 1.29 is 13.2 Å². The van der Waals surface area contributed by atoms with Gasteiger partial charge in [0.25, 0.3) is 0 Å². The molecular weight excluding hydrogens is 1030 g/mol. The van der Waals surface area contributed by atoms with E-state index in [1.807, 2.05) is 195 Å². The van der Waals surface area contributed by atoms with Crippen molar-refractivity contribution in [3.05, 3.63) is 253 Å². The second kappa shape index (κ2) is 20.8. The van der Waals surface area contributed by atoms with Gasteiger partial charge in [-0.2, -0.15) is 33.4 Å². The number of hydrogen-bond donors (Lipinski definition) is 0. The molecule has 82 heavy (non-hydrogen) atoms. The fourth-order valence-corrected chi connectivity index (χ4v) is 10.3. The van der Waals surface area contributed by atoms with Crippen LogP contribution in [-0.2, 0) is 6.18 Å². The molecule has 388 valence electrons. The van der Waals surface area contributed by atoms with E-state index in [1.165, 1.54) is 12.1 Å². The topological polar surface area (TPSA) is 136 Å². The van der Waals surface area contributed by atoms with Gasteiger partial charge in [-0.3, -0.25) is 0 Å². The zero-order valence-electron chi connectivity index (χ0n) is 43.4. The number of fused-ring (bicyclic) bond motifs is 3. The summed E-state index contributed by atoms with van der Waals surface area (Å²) in [5.74, 6) is 1.46. The van der Waals surface area contributed by atoms with Gasteiger partial charge in [0.05, 0.1) is 33.7 Å². The Kier molecular flexibility index (Phi) is 12.7. The Hall–Kier alpha value is -11.4. The molecular formula is C68H40F3N11. The highest BCUT2D eigenvalue weighted by Crippen LogP contribution is 2.46. The molecule has 0 radical (unpaired) electrons. The third-order valence-corrected chi connectivity index (χ3v) is 14.1. The summed E-state index contributed by atoms with van der Waals surface area (Å²) in [6, 6.07) is 71.0. The molecule has 0 atom stereocenters. The van der Waals surface area contributed by atoms with E-state index in [0.717, 1.165) is 28.3 Å². The number of benzene rings is 9. The van der Waals surface area contributed by atoms with Gasteiger partial charge < -0.3 is 9.41 Å². The van der Waals surface area contributed by atoms with Crippen molar-refractivity contribution in [1.82, 2.24) is 44.4 Å². The van der Waals surface area contributed by atoms with Crippen LogP contribution in [-0.4, -0.2) is 44.4 Å². The smallest absolute Gasteiger partial charge is 0.394 e. The van der Waals surface area contributed by atoms with Gasteiger partial charge in [-0.25, -0.2) is 15.0 Å². The van der Waals surface area contributed by atoms with Crippen LogP contribution < -0.4 is 0 Å². The highest BCUT2D eigenvalue weighted by Gasteiger charge is 2.32. The van der Waals surface area contributed by atoms with E-state index >= 15 is 13.2 Å². The second-order valence-electron chi connectivity index (χ2n) is 19.4. The molecule has 0 spiro atoms. The van der Waals surface area contributed by atoms with Gasteiger partial charge in [-0.15, -0.1) is 16.5 Å². The first-order valence-corrected chi connectivity index (χ1v) is 26.0. The van der Waals surface area contributed by atoms with Crippen LogP contribution in [0.1, 0.15) is 17.0 Å². The highest BCUT2D eigenvalue weighted by atomic mass is 19.4. The third-order valence-electron chi connectivity index (χ3n) is 14.1. The highest BCUT2D eigenvalue weighted by molar-refractivity contribution is 6.13. The lowest BCUT2D eigenvalue weighted by atomic mass is 9.90. The molecule has 14 heteroatoms. The summed E-state index contributed by atoms with van der Waals surface area (Å²) in [4.78, 5) is 41.8. The maximum Gasteiger partial charge on any atom is 0.416 e. The van der Waals surface area contributed by atoms with Crippen LogP contribution in [0.25, 0.3) is 134 Å². The van der Waals surface area contributed by atoms with E-state index in [9.17, 15) is 5.26 Å². The lowest BCUT2D eigenvalue weighted by Gasteiger charge is -2.22. The Labute approximate surface area is 467 Å². The van der Waals surface area contributed by atoms with E-state index in [0.29, 0.717) is 101 Å². The Bertz CT molecular complexity index is 4490. The second-order valence-corrected chi connectivity index (χ2v) is 19.4. The zero-order valence-corrected chi connectivity index (χ0v) is 43.4. The average Bonchev–Trinajstić information content (AvgIpc) is 4.02. The first kappa shape index (κ1) is 50.2. The summed E-state index contributed by atoms with van der Waals surface area (Å²) in [7, 11) is 0. The van der Waals surface area contributed by atoms with Crippen molar-refractivity contribution in [3.8, 4) is 113 Å². The van der Waals surface area contributed by atoms with Crippen molar-refractivity contribution in [3.63, 3.8) is 0 Å². The number of rotatable bonds is 10. The lowest BCUT2D eigenvalue weighted by Crippen LogP contribution is -2.06. The monoisotopic (exact) mass is 1070 g/mol. The van der Waals surface area contributed by atoms with Gasteiger partial charge in [-0.05, 0) is 96.9 Å². The molecule has 0 saturated carbocycles. The fourth-order valence-electron chi connectivity index (χ4n) is 10.3. The summed E-state index contributed by atoms with van der Waals surface area (Å²) in [5.41, 5.74) is 10.3. The van der Waals surface area contributed by atoms with Gasteiger partial charge in [0.15, 0.2) is 17.5 Å². The first-order valence-electron chi connectivity index (χ1n) is 26.0. The van der Waals surface area contributed by atoms with Crippen molar-refractivity contribution in [2.75, 3.05) is 0 Å². The Morgan fingerprint density at radius 3 is 1.35 bits per heavy atom. The molecule has 0 aliphatic rings. The van der Waals surface area contributed by atoms with Gasteiger partial charge in [0.1, 0.15) is 6.07 Å². The minimum atomic E-state index is -4.67. The van der Waals surface area contributed by atoms with E-state index < -0.39 is 11.7 Å². The van der Waals surface area contributed by atoms with Crippen LogP contribution in [0.5, 0.6) is 0 Å². The summed E-state index contributed by atoms with van der Waals surface area (Å²) in [6.45, 7) is 9.98. The molecule has 0 unspecified atom stereocenters. The summed E-state index contributed by atoms with van der Waals surface area (Å²) >= 11 is 0. The zero-order chi connectivity index (χ0) is 55.9. The molecule has 0 fully saturated rings. The molecule has 4 heterocycles. The normalized spacial score (nSPS) is 11.4. The predicted octanol–water partition coefficient (Wildman–Crippen LogP) is 16.7. The van der Waals surface area contributed by atoms with Crippen molar-refractivity contribution in [1.29, 1.82) is 5.26 Å². The largest absolute Gasteiger partial charge is 0.416 e. The Morgan fingerprint density at radius 2 is 0.854 bits per heavy atom. The third kappa shape index (κ3) is 9.63. The molecule has 0 aliphatic heterocycles. The Morgan fingerprint density at radius 1 is 0.415 bits per heavy atom. The van der Waals surface area contributed by atoms with Gasteiger partial charge >= 0.3 is 12.1 Å². The molecule has 0 bridgehead atoms.